The average Bonchev–Trinajstić information content (AvgIpc) is 2.79. The van der Waals surface area contributed by atoms with Crippen LogP contribution < -0.4 is 5.73 Å². The molecule has 20 heavy (non-hydrogen) atoms. The molecule has 2 N–H and O–H groups in total. The fraction of sp³-hybridized carbons (Fsp3) is 0.533. The summed E-state index contributed by atoms with van der Waals surface area (Å²) in [5, 5.41) is 0.0735. The summed E-state index contributed by atoms with van der Waals surface area (Å²) in [6, 6.07) is 2.79. The van der Waals surface area contributed by atoms with Crippen molar-refractivity contribution in [2.24, 2.45) is 11.7 Å². The van der Waals surface area contributed by atoms with E-state index in [1.54, 1.807) is 0 Å². The number of halogens is 2. The number of hydrogen-bond acceptors (Lipinski definition) is 3. The van der Waals surface area contributed by atoms with Crippen LogP contribution in [0, 0.1) is 11.7 Å². The third-order valence-corrected chi connectivity index (χ3v) is 3.80. The smallest absolute Gasteiger partial charge is 0.195 e. The monoisotopic (exact) mass is 298 g/mol. The number of fused-ring (bicyclic) bond motifs is 1. The molecule has 0 aliphatic heterocycles. The Labute approximate surface area is 123 Å². The summed E-state index contributed by atoms with van der Waals surface area (Å²) in [5.41, 5.74) is 6.69. The number of hydrogen-bond donors (Lipinski definition) is 1. The summed E-state index contributed by atoms with van der Waals surface area (Å²) in [7, 11) is 0. The van der Waals surface area contributed by atoms with E-state index in [1.807, 2.05) is 0 Å². The van der Waals surface area contributed by atoms with Crippen molar-refractivity contribution in [2.75, 3.05) is 6.54 Å². The zero-order valence-corrected chi connectivity index (χ0v) is 12.4. The molecule has 3 nitrogen and oxygen atoms in total. The molecule has 1 aromatic heterocycles. The molecule has 0 saturated heterocycles. The van der Waals surface area contributed by atoms with E-state index >= 15 is 0 Å². The molecule has 110 valence electrons. The number of aryl methyl sites for hydroxylation is 1. The van der Waals surface area contributed by atoms with Crippen LogP contribution in [0.3, 0.4) is 0 Å². The lowest BCUT2D eigenvalue weighted by atomic mass is 9.94. The highest BCUT2D eigenvalue weighted by molar-refractivity contribution is 6.31. The second-order valence-corrected chi connectivity index (χ2v) is 5.52. The first-order valence-electron chi connectivity index (χ1n) is 7.08. The van der Waals surface area contributed by atoms with Crippen molar-refractivity contribution in [3.63, 3.8) is 0 Å². The third-order valence-electron chi connectivity index (χ3n) is 3.51. The molecule has 2 rings (SSSR count). The van der Waals surface area contributed by atoms with Gasteiger partial charge >= 0.3 is 0 Å². The summed E-state index contributed by atoms with van der Waals surface area (Å²) >= 11 is 5.74. The molecular weight excluding hydrogens is 279 g/mol. The van der Waals surface area contributed by atoms with Crippen molar-refractivity contribution in [1.29, 1.82) is 0 Å². The maximum absolute atomic E-state index is 13.3. The van der Waals surface area contributed by atoms with Gasteiger partial charge in [0.1, 0.15) is 11.3 Å². The van der Waals surface area contributed by atoms with E-state index in [1.165, 1.54) is 12.1 Å². The summed E-state index contributed by atoms with van der Waals surface area (Å²) < 4.78 is 18.9. The van der Waals surface area contributed by atoms with Crippen LogP contribution in [0.4, 0.5) is 4.39 Å². The van der Waals surface area contributed by atoms with Crippen molar-refractivity contribution in [2.45, 2.75) is 39.0 Å². The Hall–Kier alpha value is -1.13. The highest BCUT2D eigenvalue weighted by Crippen LogP contribution is 2.25. The second-order valence-electron chi connectivity index (χ2n) is 5.11. The number of rotatable bonds is 7. The highest BCUT2D eigenvalue weighted by atomic mass is 35.5. The summed E-state index contributed by atoms with van der Waals surface area (Å²) in [5.74, 6) is 0.758. The van der Waals surface area contributed by atoms with Crippen LogP contribution in [0.25, 0.3) is 11.1 Å². The van der Waals surface area contributed by atoms with E-state index in [0.717, 1.165) is 32.1 Å². The number of oxazole rings is 1. The molecule has 5 heteroatoms. The van der Waals surface area contributed by atoms with Gasteiger partial charge in [0.25, 0.3) is 0 Å². The van der Waals surface area contributed by atoms with Gasteiger partial charge in [-0.05, 0) is 31.4 Å². The lowest BCUT2D eigenvalue weighted by molar-refractivity contribution is 0.398. The quantitative estimate of drug-likeness (QED) is 0.828. The SMILES string of the molecule is CCCC(CCN)CCc1nc2cc(Cl)c(F)cc2o1. The van der Waals surface area contributed by atoms with Crippen LogP contribution in [-0.2, 0) is 6.42 Å². The molecular formula is C15H20ClFN2O. The predicted octanol–water partition coefficient (Wildman–Crippen LogP) is 4.32. The van der Waals surface area contributed by atoms with Gasteiger partial charge in [-0.15, -0.1) is 0 Å². The minimum Gasteiger partial charge on any atom is -0.441 e. The molecule has 0 aliphatic carbocycles. The van der Waals surface area contributed by atoms with Gasteiger partial charge in [-0.3, -0.25) is 0 Å². The summed E-state index contributed by atoms with van der Waals surface area (Å²) in [6.45, 7) is 2.88. The van der Waals surface area contributed by atoms with Gasteiger partial charge in [0.2, 0.25) is 0 Å². The first kappa shape index (κ1) is 15.3. The van der Waals surface area contributed by atoms with Gasteiger partial charge in [-0.2, -0.15) is 0 Å². The van der Waals surface area contributed by atoms with Crippen LogP contribution in [-0.4, -0.2) is 11.5 Å². The lowest BCUT2D eigenvalue weighted by Gasteiger charge is -2.13. The van der Waals surface area contributed by atoms with E-state index < -0.39 is 5.82 Å². The number of benzene rings is 1. The Morgan fingerprint density at radius 1 is 1.35 bits per heavy atom. The fourth-order valence-electron chi connectivity index (χ4n) is 2.48. The van der Waals surface area contributed by atoms with Crippen LogP contribution in [0.15, 0.2) is 16.5 Å². The van der Waals surface area contributed by atoms with Crippen molar-refractivity contribution in [1.82, 2.24) is 4.98 Å². The Kier molecular flexibility index (Phi) is 5.38. The van der Waals surface area contributed by atoms with E-state index in [-0.39, 0.29) is 5.02 Å². The van der Waals surface area contributed by atoms with Crippen LogP contribution >= 0.6 is 11.6 Å². The molecule has 1 atom stereocenters. The Morgan fingerprint density at radius 3 is 2.85 bits per heavy atom. The molecule has 0 radical (unpaired) electrons. The fourth-order valence-corrected chi connectivity index (χ4v) is 2.64. The summed E-state index contributed by atoms with van der Waals surface area (Å²) in [4.78, 5) is 4.36. The second kappa shape index (κ2) is 7.04. The highest BCUT2D eigenvalue weighted by Gasteiger charge is 2.12. The normalized spacial score (nSPS) is 13.0. The molecule has 1 unspecified atom stereocenters. The van der Waals surface area contributed by atoms with E-state index in [9.17, 15) is 4.39 Å². The summed E-state index contributed by atoms with van der Waals surface area (Å²) in [6.07, 6.45) is 5.08. The molecule has 0 bridgehead atoms. The minimum atomic E-state index is -0.478. The van der Waals surface area contributed by atoms with Gasteiger partial charge in [0.15, 0.2) is 11.5 Å². The first-order chi connectivity index (χ1) is 9.63. The van der Waals surface area contributed by atoms with E-state index in [4.69, 9.17) is 21.8 Å². The topological polar surface area (TPSA) is 52.0 Å². The van der Waals surface area contributed by atoms with Gasteiger partial charge < -0.3 is 10.2 Å². The zero-order chi connectivity index (χ0) is 14.5. The maximum Gasteiger partial charge on any atom is 0.195 e. The molecule has 0 spiro atoms. The predicted molar refractivity (Wildman–Crippen MR) is 79.4 cm³/mol. The van der Waals surface area contributed by atoms with Crippen molar-refractivity contribution >= 4 is 22.7 Å². The average molecular weight is 299 g/mol. The number of nitrogens with zero attached hydrogens (tertiary/aromatic N) is 1. The molecule has 0 amide bonds. The number of aromatic nitrogens is 1. The van der Waals surface area contributed by atoms with Gasteiger partial charge in [0, 0.05) is 12.5 Å². The molecule has 0 saturated carbocycles. The Bertz CT molecular complexity index is 525. The maximum atomic E-state index is 13.3. The zero-order valence-electron chi connectivity index (χ0n) is 11.7. The minimum absolute atomic E-state index is 0.0735. The molecule has 0 fully saturated rings. The molecule has 1 heterocycles. The van der Waals surface area contributed by atoms with Crippen molar-refractivity contribution in [3.8, 4) is 0 Å². The lowest BCUT2D eigenvalue weighted by Crippen LogP contribution is -2.09. The third kappa shape index (κ3) is 3.70. The largest absolute Gasteiger partial charge is 0.441 e. The first-order valence-corrected chi connectivity index (χ1v) is 7.46. The van der Waals surface area contributed by atoms with E-state index in [0.29, 0.717) is 29.5 Å². The number of nitrogens with two attached hydrogens (primary N) is 1. The van der Waals surface area contributed by atoms with Crippen LogP contribution in [0.1, 0.15) is 38.5 Å². The molecule has 1 aromatic carbocycles. The molecule has 0 aliphatic rings. The van der Waals surface area contributed by atoms with Crippen LogP contribution in [0.2, 0.25) is 5.02 Å². The molecule has 2 aromatic rings. The van der Waals surface area contributed by atoms with Crippen molar-refractivity contribution < 1.29 is 8.81 Å². The Balaban J connectivity index is 2.06. The van der Waals surface area contributed by atoms with Crippen molar-refractivity contribution in [3.05, 3.63) is 28.9 Å². The standard InChI is InChI=1S/C15H20ClFN2O/c1-2-3-10(6-7-18)4-5-15-19-13-8-11(16)12(17)9-14(13)20-15/h8-10H,2-7,18H2,1H3. The van der Waals surface area contributed by atoms with E-state index in [2.05, 4.69) is 11.9 Å². The van der Waals surface area contributed by atoms with Gasteiger partial charge in [-0.1, -0.05) is 31.4 Å². The van der Waals surface area contributed by atoms with Gasteiger partial charge in [0.05, 0.1) is 5.02 Å². The van der Waals surface area contributed by atoms with Crippen LogP contribution in [0.5, 0.6) is 0 Å². The van der Waals surface area contributed by atoms with Gasteiger partial charge in [-0.25, -0.2) is 9.37 Å². The Morgan fingerprint density at radius 2 is 2.15 bits per heavy atom.